The Morgan fingerprint density at radius 3 is 2.61 bits per heavy atom. The second kappa shape index (κ2) is 9.77. The van der Waals surface area contributed by atoms with E-state index in [1.165, 1.54) is 10.9 Å². The molecule has 1 aromatic heterocycles. The van der Waals surface area contributed by atoms with Gasteiger partial charge in [0.05, 0.1) is 11.3 Å². The summed E-state index contributed by atoms with van der Waals surface area (Å²) in [6, 6.07) is 8.25. The number of nitrogens with zero attached hydrogens (tertiary/aromatic N) is 2. The summed E-state index contributed by atoms with van der Waals surface area (Å²) < 4.78 is 2.15. The Hall–Kier alpha value is -1.56. The van der Waals surface area contributed by atoms with Crippen LogP contribution in [-0.2, 0) is 16.7 Å². The predicted molar refractivity (Wildman–Crippen MR) is 115 cm³/mol. The number of hydrogen-bond donors (Lipinski definition) is 1. The van der Waals surface area contributed by atoms with Crippen LogP contribution in [0.1, 0.15) is 56.7 Å². The number of fused-ring (bicyclic) bond motifs is 1. The van der Waals surface area contributed by atoms with Gasteiger partial charge in [-0.2, -0.15) is 0 Å². The van der Waals surface area contributed by atoms with Gasteiger partial charge in [0.25, 0.3) is 0 Å². The van der Waals surface area contributed by atoms with E-state index in [1.807, 2.05) is 33.0 Å². The molecule has 2 aromatic rings. The maximum absolute atomic E-state index is 12.9. The summed E-state index contributed by atoms with van der Waals surface area (Å²) in [4.78, 5) is 18.1. The summed E-state index contributed by atoms with van der Waals surface area (Å²) in [5.41, 5.74) is 4.37. The number of ketones is 1. The number of carbonyl (C=O) groups is 1. The number of aryl methyl sites for hydroxylation is 2. The van der Waals surface area contributed by atoms with Crippen molar-refractivity contribution in [2.24, 2.45) is 12.2 Å². The molecular formula is C22H29N2NaO3. The molecule has 28 heavy (non-hydrogen) atoms. The van der Waals surface area contributed by atoms with Crippen molar-refractivity contribution in [1.29, 1.82) is 0 Å². The number of aliphatic hydroxyl groups excluding tert-OH is 1. The molecule has 5 nitrogen and oxygen atoms in total. The third kappa shape index (κ3) is 4.22. The summed E-state index contributed by atoms with van der Waals surface area (Å²) in [7, 11) is 2.03. The zero-order valence-electron chi connectivity index (χ0n) is 16.6. The third-order valence-corrected chi connectivity index (χ3v) is 5.32. The summed E-state index contributed by atoms with van der Waals surface area (Å²) in [5.74, 6) is 0.0433. The summed E-state index contributed by atoms with van der Waals surface area (Å²) in [6.07, 6.45) is 2.27. The zero-order valence-corrected chi connectivity index (χ0v) is 16.6. The molecule has 6 heteroatoms. The number of oxime groups is 1. The van der Waals surface area contributed by atoms with Crippen LogP contribution in [0, 0.1) is 6.92 Å². The molecule has 0 aliphatic heterocycles. The maximum atomic E-state index is 12.9. The van der Waals surface area contributed by atoms with Crippen molar-refractivity contribution >= 4 is 52.0 Å². The molecule has 1 aliphatic carbocycles. The van der Waals surface area contributed by atoms with E-state index < -0.39 is 0 Å². The fourth-order valence-corrected chi connectivity index (χ4v) is 4.19. The van der Waals surface area contributed by atoms with Crippen LogP contribution in [-0.4, -0.2) is 57.3 Å². The molecular weight excluding hydrogens is 363 g/mol. The van der Waals surface area contributed by atoms with E-state index in [9.17, 15) is 9.90 Å². The topological polar surface area (TPSA) is 63.8 Å². The summed E-state index contributed by atoms with van der Waals surface area (Å²) >= 11 is 0. The van der Waals surface area contributed by atoms with Crippen molar-refractivity contribution < 1.29 is 14.7 Å². The summed E-state index contributed by atoms with van der Waals surface area (Å²) in [5, 5.41) is 16.0. The molecule has 1 N–H and O–H groups in total. The second-order valence-corrected chi connectivity index (χ2v) is 7.14. The normalized spacial score (nSPS) is 17.8. The van der Waals surface area contributed by atoms with Gasteiger partial charge in [-0.25, -0.2) is 0 Å². The van der Waals surface area contributed by atoms with Gasteiger partial charge >= 0.3 is 29.6 Å². The van der Waals surface area contributed by atoms with Crippen molar-refractivity contribution in [3.05, 3.63) is 46.9 Å². The first kappa shape index (κ1) is 22.7. The number of aromatic nitrogens is 1. The number of rotatable bonds is 6. The Bertz CT molecular complexity index is 888. The predicted octanol–water partition coefficient (Wildman–Crippen LogP) is 4.29. The second-order valence-electron chi connectivity index (χ2n) is 7.14. The molecule has 0 fully saturated rings. The SMILES string of the molecule is CCCC(=NOCC)C1=C(O)CC(c2c(C)c3ccccc3n2C)CC1=O.[NaH]. The Labute approximate surface area is 188 Å². The molecule has 3 rings (SSSR count). The average molecular weight is 392 g/mol. The Morgan fingerprint density at radius 1 is 1.29 bits per heavy atom. The van der Waals surface area contributed by atoms with Gasteiger partial charge in [0.1, 0.15) is 12.4 Å². The van der Waals surface area contributed by atoms with Crippen molar-refractivity contribution in [2.45, 2.75) is 52.4 Å². The molecule has 1 aliphatic rings. The minimum atomic E-state index is -0.0553. The molecule has 0 amide bonds. The number of Topliss-reactive ketones (excluding diaryl/α,β-unsaturated/α-hetero) is 1. The van der Waals surface area contributed by atoms with Crippen molar-refractivity contribution in [3.63, 3.8) is 0 Å². The average Bonchev–Trinajstić information content (AvgIpc) is 2.90. The van der Waals surface area contributed by atoms with Gasteiger partial charge in [-0.15, -0.1) is 0 Å². The van der Waals surface area contributed by atoms with Gasteiger partial charge in [0.15, 0.2) is 5.78 Å². The van der Waals surface area contributed by atoms with Crippen molar-refractivity contribution in [1.82, 2.24) is 4.57 Å². The molecule has 1 unspecified atom stereocenters. The molecule has 146 valence electrons. The van der Waals surface area contributed by atoms with Crippen LogP contribution in [0.4, 0.5) is 0 Å². The van der Waals surface area contributed by atoms with Crippen LogP contribution >= 0.6 is 0 Å². The minimum absolute atomic E-state index is 0. The van der Waals surface area contributed by atoms with Gasteiger partial charge in [-0.1, -0.05) is 36.7 Å². The van der Waals surface area contributed by atoms with Crippen LogP contribution < -0.4 is 0 Å². The molecule has 1 aromatic carbocycles. The van der Waals surface area contributed by atoms with E-state index >= 15 is 0 Å². The van der Waals surface area contributed by atoms with Crippen LogP contribution in [0.25, 0.3) is 10.9 Å². The third-order valence-electron chi connectivity index (χ3n) is 5.32. The van der Waals surface area contributed by atoms with E-state index in [1.54, 1.807) is 0 Å². The van der Waals surface area contributed by atoms with Crippen LogP contribution in [0.3, 0.4) is 0 Å². The molecule has 0 bridgehead atoms. The summed E-state index contributed by atoms with van der Waals surface area (Å²) in [6.45, 7) is 6.40. The number of benzene rings is 1. The standard InChI is InChI=1S/C22H28N2O3.Na.H/c1-5-9-17(23-27-6-2)21-19(25)12-15(13-20(21)26)22-14(3)16-10-7-8-11-18(16)24(22)4;;/h7-8,10-11,15,25H,5-6,9,12-13H2,1-4H3;;. The number of hydrogen-bond acceptors (Lipinski definition) is 4. The first-order valence-electron chi connectivity index (χ1n) is 9.67. The van der Waals surface area contributed by atoms with Crippen molar-refractivity contribution in [2.75, 3.05) is 6.61 Å². The number of para-hydroxylation sites is 1. The molecule has 1 heterocycles. The van der Waals surface area contributed by atoms with E-state index in [0.717, 1.165) is 17.6 Å². The molecule has 0 saturated carbocycles. The molecule has 0 radical (unpaired) electrons. The van der Waals surface area contributed by atoms with Gasteiger partial charge in [0, 0.05) is 42.4 Å². The monoisotopic (exact) mass is 392 g/mol. The Morgan fingerprint density at radius 2 is 2.00 bits per heavy atom. The quantitative estimate of drug-likeness (QED) is 0.453. The molecule has 0 spiro atoms. The zero-order chi connectivity index (χ0) is 19.6. The number of aliphatic hydroxyl groups is 1. The van der Waals surface area contributed by atoms with Gasteiger partial charge in [0.2, 0.25) is 0 Å². The number of carbonyl (C=O) groups excluding carboxylic acids is 1. The fraction of sp³-hybridized carbons (Fsp3) is 0.455. The van der Waals surface area contributed by atoms with Gasteiger partial charge in [-0.05, 0) is 31.9 Å². The van der Waals surface area contributed by atoms with Crippen LogP contribution in [0.5, 0.6) is 0 Å². The first-order valence-corrected chi connectivity index (χ1v) is 9.67. The fourth-order valence-electron chi connectivity index (χ4n) is 4.19. The van der Waals surface area contributed by atoms with Gasteiger partial charge in [-0.3, -0.25) is 4.79 Å². The molecule has 0 saturated heterocycles. The number of allylic oxidation sites excluding steroid dienone is 2. The van der Waals surface area contributed by atoms with E-state index in [-0.39, 0.29) is 47.0 Å². The van der Waals surface area contributed by atoms with E-state index in [4.69, 9.17) is 4.84 Å². The molecule has 1 atom stereocenters. The Balaban J connectivity index is 0.00000280. The van der Waals surface area contributed by atoms with E-state index in [0.29, 0.717) is 37.2 Å². The Kier molecular flexibility index (Phi) is 7.93. The first-order chi connectivity index (χ1) is 13.0. The van der Waals surface area contributed by atoms with Gasteiger partial charge < -0.3 is 14.5 Å². The van der Waals surface area contributed by atoms with E-state index in [2.05, 4.69) is 28.8 Å². The van der Waals surface area contributed by atoms with Crippen molar-refractivity contribution in [3.8, 4) is 0 Å². The van der Waals surface area contributed by atoms with Crippen LogP contribution in [0.2, 0.25) is 0 Å². The van der Waals surface area contributed by atoms with Crippen LogP contribution in [0.15, 0.2) is 40.8 Å².